The van der Waals surface area contributed by atoms with Crippen LogP contribution < -0.4 is 4.74 Å². The van der Waals surface area contributed by atoms with Crippen LogP contribution in [0.15, 0.2) is 24.3 Å². The Hall–Kier alpha value is -1.02. The van der Waals surface area contributed by atoms with Gasteiger partial charge < -0.3 is 9.47 Å². The molecular formula is C15H24O2. The fraction of sp³-hybridized carbons (Fsp3) is 0.600. The van der Waals surface area contributed by atoms with Crippen molar-refractivity contribution in [2.24, 2.45) is 0 Å². The van der Waals surface area contributed by atoms with E-state index in [9.17, 15) is 0 Å². The van der Waals surface area contributed by atoms with Crippen molar-refractivity contribution in [3.05, 3.63) is 29.8 Å². The highest BCUT2D eigenvalue weighted by molar-refractivity contribution is 5.27. The van der Waals surface area contributed by atoms with Crippen molar-refractivity contribution in [3.63, 3.8) is 0 Å². The molecule has 1 aliphatic heterocycles. The van der Waals surface area contributed by atoms with Crippen molar-refractivity contribution >= 4 is 0 Å². The van der Waals surface area contributed by atoms with Crippen LogP contribution in [0.3, 0.4) is 0 Å². The Balaban J connectivity index is 0.000000686. The summed E-state index contributed by atoms with van der Waals surface area (Å²) >= 11 is 0. The molecule has 0 aliphatic carbocycles. The second kappa shape index (κ2) is 7.33. The summed E-state index contributed by atoms with van der Waals surface area (Å²) in [6, 6.07) is 8.13. The second-order valence-electron chi connectivity index (χ2n) is 4.27. The van der Waals surface area contributed by atoms with Crippen molar-refractivity contribution in [2.45, 2.75) is 52.7 Å². The third-order valence-electron chi connectivity index (χ3n) is 2.75. The third-order valence-corrected chi connectivity index (χ3v) is 2.75. The van der Waals surface area contributed by atoms with Crippen LogP contribution in [0, 0.1) is 6.92 Å². The van der Waals surface area contributed by atoms with Crippen molar-refractivity contribution in [2.75, 3.05) is 6.61 Å². The average Bonchev–Trinajstić information content (AvgIpc) is 2.75. The lowest BCUT2D eigenvalue weighted by molar-refractivity contribution is 0.0264. The monoisotopic (exact) mass is 236 g/mol. The molecule has 2 heteroatoms. The number of benzene rings is 1. The lowest BCUT2D eigenvalue weighted by atomic mass is 10.2. The zero-order chi connectivity index (χ0) is 12.7. The van der Waals surface area contributed by atoms with E-state index in [1.54, 1.807) is 0 Å². The van der Waals surface area contributed by atoms with Crippen LogP contribution in [0.5, 0.6) is 5.75 Å². The summed E-state index contributed by atoms with van der Waals surface area (Å²) in [7, 11) is 0. The molecule has 17 heavy (non-hydrogen) atoms. The van der Waals surface area contributed by atoms with Gasteiger partial charge in [0, 0.05) is 0 Å². The minimum Gasteiger partial charge on any atom is -0.491 e. The first-order valence-electron chi connectivity index (χ1n) is 6.59. The Morgan fingerprint density at radius 1 is 1.29 bits per heavy atom. The van der Waals surface area contributed by atoms with Crippen LogP contribution in [-0.4, -0.2) is 18.8 Å². The maximum absolute atomic E-state index is 5.69. The zero-order valence-electron chi connectivity index (χ0n) is 11.4. The normalized spacial score (nSPS) is 22.8. The number of hydrogen-bond acceptors (Lipinski definition) is 2. The van der Waals surface area contributed by atoms with Crippen LogP contribution in [0.1, 0.15) is 39.2 Å². The van der Waals surface area contributed by atoms with E-state index in [0.717, 1.165) is 18.6 Å². The molecule has 1 aromatic rings. The van der Waals surface area contributed by atoms with E-state index >= 15 is 0 Å². The molecule has 1 fully saturated rings. The fourth-order valence-corrected chi connectivity index (χ4v) is 1.90. The Morgan fingerprint density at radius 3 is 2.65 bits per heavy atom. The van der Waals surface area contributed by atoms with E-state index in [1.165, 1.54) is 5.56 Å². The molecule has 1 aromatic carbocycles. The molecule has 1 aliphatic rings. The molecular weight excluding hydrogens is 212 g/mol. The smallest absolute Gasteiger partial charge is 0.119 e. The molecule has 2 atom stereocenters. The summed E-state index contributed by atoms with van der Waals surface area (Å²) in [5.41, 5.74) is 1.23. The van der Waals surface area contributed by atoms with Gasteiger partial charge in [0.2, 0.25) is 0 Å². The molecule has 0 bridgehead atoms. The van der Waals surface area contributed by atoms with Crippen LogP contribution in [0.2, 0.25) is 0 Å². The van der Waals surface area contributed by atoms with Crippen molar-refractivity contribution in [3.8, 4) is 5.75 Å². The number of rotatable bonds is 3. The molecule has 0 aromatic heterocycles. The molecule has 0 amide bonds. The van der Waals surface area contributed by atoms with Crippen LogP contribution in [-0.2, 0) is 4.74 Å². The van der Waals surface area contributed by atoms with E-state index in [0.29, 0.717) is 12.7 Å². The third kappa shape index (κ3) is 4.78. The SMILES string of the molecule is CC.Cc1cccc(OCC2CCC(C)O2)c1. The molecule has 2 unspecified atom stereocenters. The molecule has 1 heterocycles. The Labute approximate surface area is 105 Å². The van der Waals surface area contributed by atoms with Gasteiger partial charge >= 0.3 is 0 Å². The van der Waals surface area contributed by atoms with Gasteiger partial charge in [0.1, 0.15) is 12.4 Å². The highest BCUT2D eigenvalue weighted by atomic mass is 16.5. The zero-order valence-corrected chi connectivity index (χ0v) is 11.4. The highest BCUT2D eigenvalue weighted by Gasteiger charge is 2.21. The Bertz CT molecular complexity index is 322. The largest absolute Gasteiger partial charge is 0.491 e. The predicted octanol–water partition coefficient (Wildman–Crippen LogP) is 3.97. The number of hydrogen-bond donors (Lipinski definition) is 0. The van der Waals surface area contributed by atoms with Crippen LogP contribution in [0.25, 0.3) is 0 Å². The maximum Gasteiger partial charge on any atom is 0.119 e. The van der Waals surface area contributed by atoms with Crippen molar-refractivity contribution in [1.29, 1.82) is 0 Å². The molecule has 96 valence electrons. The minimum absolute atomic E-state index is 0.278. The van der Waals surface area contributed by atoms with Crippen LogP contribution >= 0.6 is 0 Å². The van der Waals surface area contributed by atoms with E-state index in [2.05, 4.69) is 26.0 Å². The van der Waals surface area contributed by atoms with E-state index in [4.69, 9.17) is 9.47 Å². The molecule has 0 N–H and O–H groups in total. The summed E-state index contributed by atoms with van der Waals surface area (Å²) in [5, 5.41) is 0. The Kier molecular flexibility index (Phi) is 6.06. The quantitative estimate of drug-likeness (QED) is 0.790. The second-order valence-corrected chi connectivity index (χ2v) is 4.27. The van der Waals surface area contributed by atoms with E-state index < -0.39 is 0 Å². The lowest BCUT2D eigenvalue weighted by Crippen LogP contribution is -2.17. The summed E-state index contributed by atoms with van der Waals surface area (Å²) in [6.45, 7) is 8.86. The van der Waals surface area contributed by atoms with Crippen molar-refractivity contribution in [1.82, 2.24) is 0 Å². The van der Waals surface area contributed by atoms with Gasteiger partial charge in [0.15, 0.2) is 0 Å². The molecule has 0 spiro atoms. The topological polar surface area (TPSA) is 18.5 Å². The summed E-state index contributed by atoms with van der Waals surface area (Å²) in [6.07, 6.45) is 2.95. The predicted molar refractivity (Wildman–Crippen MR) is 71.6 cm³/mol. The van der Waals surface area contributed by atoms with Gasteiger partial charge in [0.25, 0.3) is 0 Å². The summed E-state index contributed by atoms with van der Waals surface area (Å²) < 4.78 is 11.4. The number of aryl methyl sites for hydroxylation is 1. The lowest BCUT2D eigenvalue weighted by Gasteiger charge is -2.12. The minimum atomic E-state index is 0.278. The highest BCUT2D eigenvalue weighted by Crippen LogP contribution is 2.20. The van der Waals surface area contributed by atoms with Gasteiger partial charge in [-0.15, -0.1) is 0 Å². The van der Waals surface area contributed by atoms with E-state index in [1.807, 2.05) is 26.0 Å². The first kappa shape index (κ1) is 14.0. The average molecular weight is 236 g/mol. The molecule has 1 saturated heterocycles. The van der Waals surface area contributed by atoms with Crippen molar-refractivity contribution < 1.29 is 9.47 Å². The van der Waals surface area contributed by atoms with Crippen LogP contribution in [0.4, 0.5) is 0 Å². The Morgan fingerprint density at radius 2 is 2.06 bits per heavy atom. The molecule has 2 nitrogen and oxygen atoms in total. The first-order chi connectivity index (χ1) is 8.24. The maximum atomic E-state index is 5.69. The molecule has 0 saturated carbocycles. The summed E-state index contributed by atoms with van der Waals surface area (Å²) in [5.74, 6) is 0.943. The summed E-state index contributed by atoms with van der Waals surface area (Å²) in [4.78, 5) is 0. The standard InChI is InChI=1S/C13H18O2.C2H6/c1-10-4-3-5-12(8-10)14-9-13-7-6-11(2)15-13;1-2/h3-5,8,11,13H,6-7,9H2,1-2H3;1-2H3. The van der Waals surface area contributed by atoms with Gasteiger partial charge in [-0.1, -0.05) is 26.0 Å². The first-order valence-corrected chi connectivity index (χ1v) is 6.59. The van der Waals surface area contributed by atoms with Gasteiger partial charge in [-0.25, -0.2) is 0 Å². The number of ether oxygens (including phenoxy) is 2. The van der Waals surface area contributed by atoms with Gasteiger partial charge in [-0.2, -0.15) is 0 Å². The van der Waals surface area contributed by atoms with Gasteiger partial charge in [0.05, 0.1) is 12.2 Å². The van der Waals surface area contributed by atoms with Gasteiger partial charge in [-0.05, 0) is 44.4 Å². The molecule has 0 radical (unpaired) electrons. The van der Waals surface area contributed by atoms with Gasteiger partial charge in [-0.3, -0.25) is 0 Å². The van der Waals surface area contributed by atoms with E-state index in [-0.39, 0.29) is 6.10 Å². The molecule has 2 rings (SSSR count). The fourth-order valence-electron chi connectivity index (χ4n) is 1.90.